The van der Waals surface area contributed by atoms with E-state index in [-0.39, 0.29) is 5.69 Å². The second-order valence-corrected chi connectivity index (χ2v) is 5.09. The van der Waals surface area contributed by atoms with Crippen molar-refractivity contribution in [3.63, 3.8) is 0 Å². The first-order valence-electron chi connectivity index (χ1n) is 6.74. The van der Waals surface area contributed by atoms with Gasteiger partial charge in [-0.1, -0.05) is 11.3 Å². The van der Waals surface area contributed by atoms with Crippen molar-refractivity contribution in [1.29, 1.82) is 0 Å². The van der Waals surface area contributed by atoms with Crippen LogP contribution >= 0.6 is 0 Å². The lowest BCUT2D eigenvalue weighted by Crippen LogP contribution is -2.04. The smallest absolute Gasteiger partial charge is 0.358 e. The molecule has 6 heteroatoms. The molecule has 22 heavy (non-hydrogen) atoms. The molecule has 0 aliphatic rings. The lowest BCUT2D eigenvalue weighted by molar-refractivity contribution is 0.0691. The molecule has 0 spiro atoms. The average Bonchev–Trinajstić information content (AvgIpc) is 2.92. The molecule has 0 fully saturated rings. The van der Waals surface area contributed by atoms with E-state index in [1.54, 1.807) is 29.2 Å². The van der Waals surface area contributed by atoms with E-state index in [1.165, 1.54) is 0 Å². The number of hydrogen-bond acceptors (Lipinski definition) is 4. The van der Waals surface area contributed by atoms with Crippen molar-refractivity contribution >= 4 is 5.97 Å². The molecule has 0 aliphatic carbocycles. The predicted octanol–water partition coefficient (Wildman–Crippen LogP) is 2.64. The molecule has 6 nitrogen and oxygen atoms in total. The highest BCUT2D eigenvalue weighted by atomic mass is 16.4. The van der Waals surface area contributed by atoms with Gasteiger partial charge >= 0.3 is 5.97 Å². The molecule has 0 aliphatic heterocycles. The molecule has 2 heterocycles. The molecule has 1 aromatic carbocycles. The summed E-state index contributed by atoms with van der Waals surface area (Å²) in [6.45, 7) is 3.96. The van der Waals surface area contributed by atoms with Crippen molar-refractivity contribution in [3.8, 4) is 16.9 Å². The van der Waals surface area contributed by atoms with Crippen LogP contribution in [0.5, 0.6) is 0 Å². The number of pyridine rings is 1. The number of nitrogens with zero attached hydrogens (tertiary/aromatic N) is 4. The molecule has 0 radical (unpaired) electrons. The summed E-state index contributed by atoms with van der Waals surface area (Å²) in [5.41, 5.74) is 3.90. The molecule has 110 valence electrons. The third-order valence-electron chi connectivity index (χ3n) is 3.26. The summed E-state index contributed by atoms with van der Waals surface area (Å²) < 4.78 is 1.54. The molecular weight excluding hydrogens is 280 g/mol. The molecule has 0 saturated heterocycles. The minimum Gasteiger partial charge on any atom is -0.476 e. The van der Waals surface area contributed by atoms with Gasteiger partial charge in [0.15, 0.2) is 5.69 Å². The number of carbonyl (C=O) groups is 1. The van der Waals surface area contributed by atoms with Crippen LogP contribution in [0.25, 0.3) is 16.9 Å². The van der Waals surface area contributed by atoms with Crippen molar-refractivity contribution in [1.82, 2.24) is 20.0 Å². The number of rotatable bonds is 3. The third kappa shape index (κ3) is 2.46. The molecular formula is C16H14N4O2. The lowest BCUT2D eigenvalue weighted by Gasteiger charge is -2.09. The van der Waals surface area contributed by atoms with Crippen LogP contribution < -0.4 is 0 Å². The molecule has 1 N–H and O–H groups in total. The Morgan fingerprint density at radius 2 is 1.91 bits per heavy atom. The number of carboxylic acid groups (broad SMARTS) is 1. The summed E-state index contributed by atoms with van der Waals surface area (Å²) >= 11 is 0. The summed E-state index contributed by atoms with van der Waals surface area (Å²) in [5, 5.41) is 17.2. The molecule has 0 amide bonds. The fourth-order valence-corrected chi connectivity index (χ4v) is 2.44. The van der Waals surface area contributed by atoms with Gasteiger partial charge in [0.2, 0.25) is 0 Å². The van der Waals surface area contributed by atoms with Gasteiger partial charge in [0, 0.05) is 18.0 Å². The quantitative estimate of drug-likeness (QED) is 0.803. The van der Waals surface area contributed by atoms with Gasteiger partial charge in [0.25, 0.3) is 0 Å². The Bertz CT molecular complexity index is 820. The Labute approximate surface area is 127 Å². The van der Waals surface area contributed by atoms with Gasteiger partial charge in [-0.3, -0.25) is 4.98 Å². The zero-order chi connectivity index (χ0) is 15.7. The number of hydrogen-bond donors (Lipinski definition) is 1. The van der Waals surface area contributed by atoms with Crippen LogP contribution in [0.15, 0.2) is 42.7 Å². The van der Waals surface area contributed by atoms with Crippen LogP contribution in [-0.2, 0) is 0 Å². The zero-order valence-corrected chi connectivity index (χ0v) is 12.2. The Morgan fingerprint density at radius 3 is 2.50 bits per heavy atom. The summed E-state index contributed by atoms with van der Waals surface area (Å²) in [7, 11) is 0. The highest BCUT2D eigenvalue weighted by Gasteiger charge is 2.21. The fraction of sp³-hybridized carbons (Fsp3) is 0.125. The molecule has 3 rings (SSSR count). The van der Waals surface area contributed by atoms with E-state index in [0.717, 1.165) is 16.8 Å². The SMILES string of the molecule is Cc1cc(C)cc(-n2nnc(C(=O)O)c2-c2cccnc2)c1. The van der Waals surface area contributed by atoms with E-state index in [1.807, 2.05) is 32.0 Å². The van der Waals surface area contributed by atoms with Crippen LogP contribution in [0, 0.1) is 13.8 Å². The number of carboxylic acids is 1. The van der Waals surface area contributed by atoms with Gasteiger partial charge in [-0.05, 0) is 49.2 Å². The molecule has 0 unspecified atom stereocenters. The number of benzene rings is 1. The Kier molecular flexibility index (Phi) is 3.42. The van der Waals surface area contributed by atoms with Crippen molar-refractivity contribution in [2.24, 2.45) is 0 Å². The van der Waals surface area contributed by atoms with Gasteiger partial charge in [0.1, 0.15) is 5.69 Å². The highest BCUT2D eigenvalue weighted by molar-refractivity contribution is 5.92. The molecule has 0 atom stereocenters. The molecule has 0 bridgehead atoms. The normalized spacial score (nSPS) is 10.6. The number of aryl methyl sites for hydroxylation is 2. The van der Waals surface area contributed by atoms with Crippen LogP contribution in [0.2, 0.25) is 0 Å². The average molecular weight is 294 g/mol. The van der Waals surface area contributed by atoms with E-state index < -0.39 is 5.97 Å². The second kappa shape index (κ2) is 5.40. The minimum absolute atomic E-state index is 0.0906. The van der Waals surface area contributed by atoms with Crippen LogP contribution in [0.3, 0.4) is 0 Å². The molecule has 2 aromatic heterocycles. The zero-order valence-electron chi connectivity index (χ0n) is 12.2. The Balaban J connectivity index is 2.27. The van der Waals surface area contributed by atoms with E-state index in [4.69, 9.17) is 0 Å². The maximum Gasteiger partial charge on any atom is 0.358 e. The van der Waals surface area contributed by atoms with Gasteiger partial charge < -0.3 is 5.11 Å². The minimum atomic E-state index is -1.12. The van der Waals surface area contributed by atoms with Gasteiger partial charge in [-0.15, -0.1) is 5.10 Å². The lowest BCUT2D eigenvalue weighted by atomic mass is 10.1. The van der Waals surface area contributed by atoms with Crippen LogP contribution in [-0.4, -0.2) is 31.1 Å². The van der Waals surface area contributed by atoms with E-state index in [0.29, 0.717) is 11.3 Å². The number of aromatic carboxylic acids is 1. The summed E-state index contributed by atoms with van der Waals surface area (Å²) in [4.78, 5) is 15.5. The highest BCUT2D eigenvalue weighted by Crippen LogP contribution is 2.25. The van der Waals surface area contributed by atoms with Crippen LogP contribution in [0.1, 0.15) is 21.6 Å². The maximum absolute atomic E-state index is 11.4. The van der Waals surface area contributed by atoms with Gasteiger partial charge in [-0.25, -0.2) is 9.48 Å². The number of aromatic nitrogens is 4. The standard InChI is InChI=1S/C16H14N4O2/c1-10-6-11(2)8-13(7-10)20-15(12-4-3-5-17-9-12)14(16(21)22)18-19-20/h3-9H,1-2H3,(H,21,22). The van der Waals surface area contributed by atoms with Gasteiger partial charge in [0.05, 0.1) is 5.69 Å². The van der Waals surface area contributed by atoms with E-state index in [2.05, 4.69) is 15.3 Å². The fourth-order valence-electron chi connectivity index (χ4n) is 2.44. The first-order chi connectivity index (χ1) is 10.6. The van der Waals surface area contributed by atoms with Crippen LogP contribution in [0.4, 0.5) is 0 Å². The van der Waals surface area contributed by atoms with Crippen molar-refractivity contribution in [2.75, 3.05) is 0 Å². The third-order valence-corrected chi connectivity index (χ3v) is 3.26. The summed E-state index contributed by atoms with van der Waals surface area (Å²) in [6.07, 6.45) is 3.24. The summed E-state index contributed by atoms with van der Waals surface area (Å²) in [5.74, 6) is -1.12. The van der Waals surface area contributed by atoms with Crippen molar-refractivity contribution in [2.45, 2.75) is 13.8 Å². The monoisotopic (exact) mass is 294 g/mol. The molecule has 0 saturated carbocycles. The van der Waals surface area contributed by atoms with Gasteiger partial charge in [-0.2, -0.15) is 0 Å². The summed E-state index contributed by atoms with van der Waals surface area (Å²) in [6, 6.07) is 9.46. The maximum atomic E-state index is 11.4. The molecule has 3 aromatic rings. The van der Waals surface area contributed by atoms with E-state index in [9.17, 15) is 9.90 Å². The largest absolute Gasteiger partial charge is 0.476 e. The Morgan fingerprint density at radius 1 is 1.18 bits per heavy atom. The Hall–Kier alpha value is -3.02. The second-order valence-electron chi connectivity index (χ2n) is 5.09. The van der Waals surface area contributed by atoms with E-state index >= 15 is 0 Å². The predicted molar refractivity (Wildman–Crippen MR) is 81.0 cm³/mol. The first-order valence-corrected chi connectivity index (χ1v) is 6.74. The topological polar surface area (TPSA) is 80.9 Å². The first kappa shape index (κ1) is 13.9. The van der Waals surface area contributed by atoms with Crippen molar-refractivity contribution in [3.05, 3.63) is 59.5 Å². The van der Waals surface area contributed by atoms with Crippen molar-refractivity contribution < 1.29 is 9.90 Å².